The zero-order chi connectivity index (χ0) is 15.5. The van der Waals surface area contributed by atoms with Gasteiger partial charge in [0.15, 0.2) is 0 Å². The van der Waals surface area contributed by atoms with Crippen LogP contribution in [0.3, 0.4) is 0 Å². The van der Waals surface area contributed by atoms with E-state index in [4.69, 9.17) is 4.74 Å². The van der Waals surface area contributed by atoms with Crippen molar-refractivity contribution < 1.29 is 9.53 Å². The van der Waals surface area contributed by atoms with Crippen molar-refractivity contribution in [1.82, 2.24) is 15.2 Å². The first kappa shape index (κ1) is 15.1. The minimum Gasteiger partial charge on any atom is -0.375 e. The van der Waals surface area contributed by atoms with E-state index in [1.807, 2.05) is 36.9 Å². The van der Waals surface area contributed by atoms with Crippen molar-refractivity contribution in [1.29, 1.82) is 0 Å². The van der Waals surface area contributed by atoms with E-state index in [0.717, 1.165) is 25.3 Å². The molecule has 0 spiro atoms. The molecule has 0 aliphatic carbocycles. The molecule has 22 heavy (non-hydrogen) atoms. The topological polar surface area (TPSA) is 57.7 Å². The summed E-state index contributed by atoms with van der Waals surface area (Å²) in [7, 11) is 0. The summed E-state index contributed by atoms with van der Waals surface area (Å²) in [6, 6.07) is 6.25. The molecule has 120 valence electrons. The minimum atomic E-state index is 0.0236. The molecule has 3 heterocycles. The number of anilines is 1. The van der Waals surface area contributed by atoms with Crippen LogP contribution in [-0.2, 0) is 4.74 Å². The molecule has 0 radical (unpaired) electrons. The number of pyridine rings is 1. The lowest BCUT2D eigenvalue weighted by Gasteiger charge is -2.37. The van der Waals surface area contributed by atoms with Crippen LogP contribution in [0.5, 0.6) is 0 Å². The van der Waals surface area contributed by atoms with Gasteiger partial charge in [0.05, 0.1) is 18.8 Å². The van der Waals surface area contributed by atoms with Crippen molar-refractivity contribution >= 4 is 11.8 Å². The Labute approximate surface area is 131 Å². The number of ether oxygens (including phenoxy) is 1. The fourth-order valence-electron chi connectivity index (χ4n) is 3.07. The van der Waals surface area contributed by atoms with Crippen molar-refractivity contribution in [2.75, 3.05) is 31.1 Å². The number of carbonyl (C=O) groups excluding carboxylic acids is 1. The molecule has 3 unspecified atom stereocenters. The summed E-state index contributed by atoms with van der Waals surface area (Å²) in [5, 5.41) is 3.16. The molecule has 0 bridgehead atoms. The molecule has 6 nitrogen and oxygen atoms in total. The number of morpholine rings is 1. The standard InChI is InChI=1S/C16H24N4O2/c1-12-11-22-13(2)9-20(12)16(21)18-14-6-8-19(10-14)15-5-3-4-7-17-15/h3-5,7,12-14H,6,8-11H2,1-2H3,(H,18,21). The van der Waals surface area contributed by atoms with E-state index >= 15 is 0 Å². The van der Waals surface area contributed by atoms with Crippen LogP contribution in [-0.4, -0.2) is 60.3 Å². The Morgan fingerprint density at radius 3 is 3.00 bits per heavy atom. The molecule has 0 saturated carbocycles. The molecule has 1 N–H and O–H groups in total. The van der Waals surface area contributed by atoms with Gasteiger partial charge in [0, 0.05) is 31.9 Å². The Kier molecular flexibility index (Phi) is 4.47. The Balaban J connectivity index is 1.54. The highest BCUT2D eigenvalue weighted by Gasteiger charge is 2.31. The first-order valence-corrected chi connectivity index (χ1v) is 7.98. The van der Waals surface area contributed by atoms with Crippen molar-refractivity contribution in [3.8, 4) is 0 Å². The van der Waals surface area contributed by atoms with Crippen molar-refractivity contribution in [2.45, 2.75) is 38.5 Å². The first-order chi connectivity index (χ1) is 10.6. The summed E-state index contributed by atoms with van der Waals surface area (Å²) in [6.07, 6.45) is 2.87. The monoisotopic (exact) mass is 304 g/mol. The Hall–Kier alpha value is -1.82. The third-order valence-electron chi connectivity index (χ3n) is 4.36. The molecule has 3 atom stereocenters. The zero-order valence-corrected chi connectivity index (χ0v) is 13.2. The summed E-state index contributed by atoms with van der Waals surface area (Å²) in [4.78, 5) is 21.0. The number of hydrogen-bond acceptors (Lipinski definition) is 4. The predicted molar refractivity (Wildman–Crippen MR) is 85.0 cm³/mol. The zero-order valence-electron chi connectivity index (χ0n) is 13.2. The third-order valence-corrected chi connectivity index (χ3v) is 4.36. The number of amides is 2. The highest BCUT2D eigenvalue weighted by molar-refractivity contribution is 5.75. The first-order valence-electron chi connectivity index (χ1n) is 7.98. The largest absolute Gasteiger partial charge is 0.375 e. The van der Waals surface area contributed by atoms with Gasteiger partial charge < -0.3 is 19.9 Å². The van der Waals surface area contributed by atoms with Gasteiger partial charge in [-0.25, -0.2) is 9.78 Å². The number of carbonyl (C=O) groups is 1. The van der Waals surface area contributed by atoms with Crippen LogP contribution in [0.1, 0.15) is 20.3 Å². The van der Waals surface area contributed by atoms with E-state index in [1.54, 1.807) is 6.20 Å². The fourth-order valence-corrected chi connectivity index (χ4v) is 3.07. The van der Waals surface area contributed by atoms with Gasteiger partial charge in [-0.1, -0.05) is 6.07 Å². The maximum absolute atomic E-state index is 12.5. The maximum Gasteiger partial charge on any atom is 0.318 e. The predicted octanol–water partition coefficient (Wildman–Crippen LogP) is 1.48. The van der Waals surface area contributed by atoms with Crippen LogP contribution < -0.4 is 10.2 Å². The molecular formula is C16H24N4O2. The second kappa shape index (κ2) is 6.52. The molecule has 2 aliphatic rings. The Morgan fingerprint density at radius 1 is 1.36 bits per heavy atom. The molecule has 1 aromatic heterocycles. The van der Waals surface area contributed by atoms with Crippen LogP contribution in [0.25, 0.3) is 0 Å². The van der Waals surface area contributed by atoms with Crippen molar-refractivity contribution in [2.24, 2.45) is 0 Å². The smallest absolute Gasteiger partial charge is 0.318 e. The molecule has 1 aromatic rings. The van der Waals surface area contributed by atoms with Crippen molar-refractivity contribution in [3.63, 3.8) is 0 Å². The Morgan fingerprint density at radius 2 is 2.23 bits per heavy atom. The van der Waals surface area contributed by atoms with Gasteiger partial charge >= 0.3 is 6.03 Å². The van der Waals surface area contributed by atoms with E-state index in [-0.39, 0.29) is 24.2 Å². The summed E-state index contributed by atoms with van der Waals surface area (Å²) < 4.78 is 5.58. The number of nitrogens with one attached hydrogen (secondary N) is 1. The molecule has 0 aromatic carbocycles. The highest BCUT2D eigenvalue weighted by Crippen LogP contribution is 2.18. The molecule has 2 fully saturated rings. The van der Waals surface area contributed by atoms with Gasteiger partial charge in [-0.15, -0.1) is 0 Å². The van der Waals surface area contributed by atoms with Gasteiger partial charge in [-0.2, -0.15) is 0 Å². The van der Waals surface area contributed by atoms with Crippen LogP contribution in [0.15, 0.2) is 24.4 Å². The average molecular weight is 304 g/mol. The summed E-state index contributed by atoms with van der Waals surface area (Å²) in [5.74, 6) is 0.979. The van der Waals surface area contributed by atoms with Gasteiger partial charge in [0.2, 0.25) is 0 Å². The fraction of sp³-hybridized carbons (Fsp3) is 0.625. The normalized spacial score (nSPS) is 28.7. The van der Waals surface area contributed by atoms with Crippen molar-refractivity contribution in [3.05, 3.63) is 24.4 Å². The van der Waals surface area contributed by atoms with Crippen LogP contribution in [0.4, 0.5) is 10.6 Å². The molecule has 2 saturated heterocycles. The summed E-state index contributed by atoms with van der Waals surface area (Å²) >= 11 is 0. The number of aromatic nitrogens is 1. The molecular weight excluding hydrogens is 280 g/mol. The lowest BCUT2D eigenvalue weighted by atomic mass is 10.2. The SMILES string of the molecule is CC1CN(C(=O)NC2CCN(c3ccccn3)C2)C(C)CO1. The van der Waals surface area contributed by atoms with E-state index < -0.39 is 0 Å². The van der Waals surface area contributed by atoms with Crippen LogP contribution >= 0.6 is 0 Å². The average Bonchev–Trinajstić information content (AvgIpc) is 2.99. The maximum atomic E-state index is 12.5. The van der Waals surface area contributed by atoms with E-state index in [2.05, 4.69) is 15.2 Å². The van der Waals surface area contributed by atoms with Crippen LogP contribution in [0, 0.1) is 0 Å². The number of hydrogen-bond donors (Lipinski definition) is 1. The van der Waals surface area contributed by atoms with E-state index in [9.17, 15) is 4.79 Å². The Bertz CT molecular complexity index is 510. The van der Waals surface area contributed by atoms with Crippen LogP contribution in [0.2, 0.25) is 0 Å². The number of rotatable bonds is 2. The van der Waals surface area contributed by atoms with Gasteiger partial charge in [-0.3, -0.25) is 0 Å². The molecule has 2 aliphatic heterocycles. The van der Waals surface area contributed by atoms with Gasteiger partial charge in [0.1, 0.15) is 5.82 Å². The number of nitrogens with zero attached hydrogens (tertiary/aromatic N) is 3. The molecule has 6 heteroatoms. The second-order valence-electron chi connectivity index (χ2n) is 6.21. The highest BCUT2D eigenvalue weighted by atomic mass is 16.5. The quantitative estimate of drug-likeness (QED) is 0.899. The molecule has 2 amide bonds. The lowest BCUT2D eigenvalue weighted by molar-refractivity contribution is -0.0320. The summed E-state index contributed by atoms with van der Waals surface area (Å²) in [6.45, 7) is 7.04. The number of urea groups is 1. The minimum absolute atomic E-state index is 0.0236. The summed E-state index contributed by atoms with van der Waals surface area (Å²) in [5.41, 5.74) is 0. The lowest BCUT2D eigenvalue weighted by Crippen LogP contribution is -2.55. The second-order valence-corrected chi connectivity index (χ2v) is 6.21. The van der Waals surface area contributed by atoms with Gasteiger partial charge in [0.25, 0.3) is 0 Å². The third kappa shape index (κ3) is 3.32. The molecule has 3 rings (SSSR count). The van der Waals surface area contributed by atoms with E-state index in [1.165, 1.54) is 0 Å². The van der Waals surface area contributed by atoms with E-state index in [0.29, 0.717) is 13.2 Å². The van der Waals surface area contributed by atoms with Gasteiger partial charge in [-0.05, 0) is 32.4 Å².